The van der Waals surface area contributed by atoms with Crippen molar-refractivity contribution in [2.75, 3.05) is 13.2 Å². The van der Waals surface area contributed by atoms with E-state index in [-0.39, 0.29) is 25.5 Å². The van der Waals surface area contributed by atoms with Crippen LogP contribution in [-0.2, 0) is 26.0 Å². The average molecular weight is 585 g/mol. The Kier molecular flexibility index (Phi) is 8.96. The quantitative estimate of drug-likeness (QED) is 0.119. The Morgan fingerprint density at radius 2 is 2.08 bits per heavy atom. The van der Waals surface area contributed by atoms with Crippen LogP contribution < -0.4 is 5.11 Å². The molecular weight excluding hydrogens is 553 g/mol. The maximum atomic E-state index is 12.6. The molecule has 3 heterocycles. The van der Waals surface area contributed by atoms with Gasteiger partial charge in [-0.3, -0.25) is 4.57 Å². The minimum atomic E-state index is -3.54. The second-order valence-corrected chi connectivity index (χ2v) is 12.8. The van der Waals surface area contributed by atoms with E-state index in [0.717, 1.165) is 24.8 Å². The van der Waals surface area contributed by atoms with E-state index in [0.29, 0.717) is 22.6 Å². The molecule has 2 aliphatic rings. The molecule has 1 unspecified atom stereocenters. The summed E-state index contributed by atoms with van der Waals surface area (Å²) in [5, 5.41) is 23.2. The SMILES string of the molecule is C=C(C)[C@@H]1CC=C(CO[P+](O)([S-])OC[C@H]2O[C@@H](n3cnc4c(N=C([O-])c5ccccc5)ncnc43)C[C@@H]2O)CC1. The van der Waals surface area contributed by atoms with Gasteiger partial charge in [0.2, 0.25) is 0 Å². The number of ether oxygens (including phenoxy) is 1. The number of aromatic nitrogens is 4. The minimum Gasteiger partial charge on any atom is -0.858 e. The maximum Gasteiger partial charge on any atom is 0.286 e. The number of hydrogen-bond acceptors (Lipinski definition) is 11. The van der Waals surface area contributed by atoms with E-state index in [1.807, 2.05) is 13.0 Å². The van der Waals surface area contributed by atoms with Crippen LogP contribution >= 0.6 is 7.15 Å². The zero-order valence-corrected chi connectivity index (χ0v) is 23.7. The highest BCUT2D eigenvalue weighted by Crippen LogP contribution is 2.55. The molecule has 5 atom stereocenters. The number of aliphatic imine (C=N–C) groups is 1. The van der Waals surface area contributed by atoms with Crippen LogP contribution in [0, 0.1) is 5.92 Å². The molecular formula is C27H31N5O6PS-. The normalized spacial score (nSPS) is 25.1. The van der Waals surface area contributed by atoms with Crippen molar-refractivity contribution in [1.82, 2.24) is 19.5 Å². The third kappa shape index (κ3) is 6.77. The molecule has 0 radical (unpaired) electrons. The molecule has 0 saturated carbocycles. The van der Waals surface area contributed by atoms with Crippen molar-refractivity contribution in [3.8, 4) is 0 Å². The number of fused-ring (bicyclic) bond motifs is 1. The molecule has 1 aliphatic carbocycles. The van der Waals surface area contributed by atoms with Gasteiger partial charge in [-0.2, -0.15) is 9.05 Å². The highest BCUT2D eigenvalue weighted by Gasteiger charge is 2.39. The molecule has 5 rings (SSSR count). The molecule has 3 aromatic rings. The van der Waals surface area contributed by atoms with E-state index < -0.39 is 31.5 Å². The first-order chi connectivity index (χ1) is 19.2. The Labute approximate surface area is 238 Å². The van der Waals surface area contributed by atoms with Gasteiger partial charge in [0.15, 0.2) is 17.0 Å². The molecule has 1 saturated heterocycles. The fourth-order valence-electron chi connectivity index (χ4n) is 4.75. The number of imidazole rings is 1. The lowest BCUT2D eigenvalue weighted by molar-refractivity contribution is -0.212. The van der Waals surface area contributed by atoms with Gasteiger partial charge in [0.05, 0.1) is 12.4 Å². The lowest BCUT2D eigenvalue weighted by Gasteiger charge is -2.26. The Morgan fingerprint density at radius 1 is 1.27 bits per heavy atom. The fraction of sp³-hybridized carbons (Fsp3) is 0.407. The van der Waals surface area contributed by atoms with E-state index in [1.54, 1.807) is 28.8 Å². The van der Waals surface area contributed by atoms with Gasteiger partial charge in [0, 0.05) is 6.42 Å². The highest BCUT2D eigenvalue weighted by molar-refractivity contribution is 8.35. The zero-order valence-electron chi connectivity index (χ0n) is 22.0. The Balaban J connectivity index is 1.20. The second-order valence-electron chi connectivity index (χ2n) is 9.95. The molecule has 1 fully saturated rings. The summed E-state index contributed by atoms with van der Waals surface area (Å²) in [6.07, 6.45) is 5.64. The predicted molar refractivity (Wildman–Crippen MR) is 151 cm³/mol. The predicted octanol–water partition coefficient (Wildman–Crippen LogP) is 3.47. The first-order valence-electron chi connectivity index (χ1n) is 13.0. The van der Waals surface area contributed by atoms with Crippen LogP contribution in [0.5, 0.6) is 0 Å². The van der Waals surface area contributed by atoms with Crippen LogP contribution in [0.1, 0.15) is 44.4 Å². The fourth-order valence-corrected chi connectivity index (χ4v) is 5.83. The Hall–Kier alpha value is -2.70. The van der Waals surface area contributed by atoms with Crippen LogP contribution in [0.2, 0.25) is 0 Å². The third-order valence-corrected chi connectivity index (χ3v) is 8.66. The average Bonchev–Trinajstić information content (AvgIpc) is 3.55. The van der Waals surface area contributed by atoms with Crippen molar-refractivity contribution in [3.05, 3.63) is 72.4 Å². The number of hydrogen-bond donors (Lipinski definition) is 2. The monoisotopic (exact) mass is 584 g/mol. The number of rotatable bonds is 10. The maximum absolute atomic E-state index is 12.6. The molecule has 13 heteroatoms. The van der Waals surface area contributed by atoms with Crippen molar-refractivity contribution >= 4 is 42.3 Å². The van der Waals surface area contributed by atoms with Crippen LogP contribution in [-0.4, -0.2) is 60.8 Å². The van der Waals surface area contributed by atoms with Gasteiger partial charge in [-0.05, 0) is 49.1 Å². The Morgan fingerprint density at radius 3 is 2.80 bits per heavy atom. The molecule has 11 nitrogen and oxygen atoms in total. The zero-order chi connectivity index (χ0) is 28.3. The number of aliphatic hydroxyl groups excluding tert-OH is 1. The molecule has 0 spiro atoms. The van der Waals surface area contributed by atoms with Crippen molar-refractivity contribution < 1.29 is 28.9 Å². The molecule has 1 aliphatic heterocycles. The van der Waals surface area contributed by atoms with Crippen LogP contribution in [0.25, 0.3) is 11.2 Å². The van der Waals surface area contributed by atoms with Gasteiger partial charge in [-0.25, -0.2) is 24.8 Å². The van der Waals surface area contributed by atoms with Gasteiger partial charge in [0.25, 0.3) is 7.15 Å². The summed E-state index contributed by atoms with van der Waals surface area (Å²) < 4.78 is 18.7. The summed E-state index contributed by atoms with van der Waals surface area (Å²) in [6.45, 7) is 6.12. The molecule has 2 N–H and O–H groups in total. The Bertz CT molecular complexity index is 1410. The van der Waals surface area contributed by atoms with Crippen LogP contribution in [0.4, 0.5) is 5.82 Å². The second kappa shape index (κ2) is 12.4. The smallest absolute Gasteiger partial charge is 0.286 e. The van der Waals surface area contributed by atoms with Crippen LogP contribution in [0.3, 0.4) is 0 Å². The van der Waals surface area contributed by atoms with Crippen molar-refractivity contribution in [2.45, 2.75) is 51.0 Å². The number of aliphatic hydroxyl groups is 1. The molecule has 0 amide bonds. The topological polar surface area (TPSA) is 147 Å². The first kappa shape index (κ1) is 28.8. The van der Waals surface area contributed by atoms with E-state index >= 15 is 0 Å². The van der Waals surface area contributed by atoms with Crippen molar-refractivity contribution in [3.63, 3.8) is 0 Å². The number of nitrogens with zero attached hydrogens (tertiary/aromatic N) is 5. The molecule has 40 heavy (non-hydrogen) atoms. The highest BCUT2D eigenvalue weighted by atomic mass is 32.7. The minimum absolute atomic E-state index is 0.136. The van der Waals surface area contributed by atoms with Gasteiger partial charge in [0.1, 0.15) is 31.9 Å². The van der Waals surface area contributed by atoms with E-state index in [9.17, 15) is 15.1 Å². The lowest BCUT2D eigenvalue weighted by atomic mass is 9.86. The van der Waals surface area contributed by atoms with Gasteiger partial charge in [-0.1, -0.05) is 48.6 Å². The van der Waals surface area contributed by atoms with Crippen molar-refractivity contribution in [2.24, 2.45) is 10.9 Å². The summed E-state index contributed by atoms with van der Waals surface area (Å²) in [5.74, 6) is 0.165. The van der Waals surface area contributed by atoms with Gasteiger partial charge >= 0.3 is 0 Å². The number of allylic oxidation sites excluding steroid dienone is 2. The summed E-state index contributed by atoms with van der Waals surface area (Å²) in [4.78, 5) is 27.4. The lowest BCUT2D eigenvalue weighted by Crippen LogP contribution is -2.26. The van der Waals surface area contributed by atoms with E-state index in [1.165, 1.54) is 18.2 Å². The summed E-state index contributed by atoms with van der Waals surface area (Å²) in [5.41, 5.74) is 3.41. The summed E-state index contributed by atoms with van der Waals surface area (Å²) in [6, 6.07) is 8.66. The largest absolute Gasteiger partial charge is 0.858 e. The molecule has 2 aromatic heterocycles. The van der Waals surface area contributed by atoms with E-state index in [4.69, 9.17) is 26.0 Å². The summed E-state index contributed by atoms with van der Waals surface area (Å²) in [7, 11) is -3.54. The molecule has 1 aromatic carbocycles. The van der Waals surface area contributed by atoms with Gasteiger partial charge in [-0.15, -0.1) is 0 Å². The third-order valence-electron chi connectivity index (χ3n) is 7.10. The van der Waals surface area contributed by atoms with E-state index in [2.05, 4.69) is 32.6 Å². The molecule has 0 bridgehead atoms. The first-order valence-corrected chi connectivity index (χ1v) is 15.6. The summed E-state index contributed by atoms with van der Waals surface area (Å²) >= 11 is 5.18. The van der Waals surface area contributed by atoms with Crippen molar-refractivity contribution in [1.29, 1.82) is 0 Å². The van der Waals surface area contributed by atoms with Gasteiger partial charge < -0.3 is 27.2 Å². The number of benzene rings is 1. The standard InChI is InChI=1S/C27H32N5O6PS/c1-17(2)19-10-8-18(9-11-19)13-36-39(35,40)37-14-22-21(33)12-23(38-22)32-16-30-24-25(28-15-29-26(24)32)31-27(34)20-6-4-3-5-7-20/h3-8,15-16,19,21-23,33H,1,9-14H2,2H3,(H,35,40)(H,28,29,31,34)/p-1/t19-,21+,22-,23-,39?/m1/s1. The molecule has 212 valence electrons. The van der Waals surface area contributed by atoms with Crippen LogP contribution in [0.15, 0.2) is 71.8 Å².